The van der Waals surface area contributed by atoms with E-state index in [1.165, 1.54) is 18.5 Å². The largest absolute Gasteiger partial charge is 0.336 e. The van der Waals surface area contributed by atoms with Gasteiger partial charge in [-0.15, -0.1) is 0 Å². The summed E-state index contributed by atoms with van der Waals surface area (Å²) in [6.07, 6.45) is 6.65. The van der Waals surface area contributed by atoms with Crippen LogP contribution in [0.1, 0.15) is 42.0 Å². The van der Waals surface area contributed by atoms with Gasteiger partial charge in [0.05, 0.1) is 17.3 Å². The van der Waals surface area contributed by atoms with Gasteiger partial charge in [-0.05, 0) is 38.9 Å². The quantitative estimate of drug-likeness (QED) is 0.436. The molecule has 10 nitrogen and oxygen atoms in total. The van der Waals surface area contributed by atoms with Crippen LogP contribution in [0.15, 0.2) is 30.7 Å². The van der Waals surface area contributed by atoms with Crippen LogP contribution in [0.5, 0.6) is 0 Å². The van der Waals surface area contributed by atoms with Crippen LogP contribution in [-0.4, -0.2) is 78.4 Å². The number of carbonyl (C=O) groups is 1. The highest BCUT2D eigenvalue weighted by molar-refractivity contribution is 5.93. The number of likely N-dealkylation sites (N-methyl/N-ethyl adjacent to an activating group) is 1. The molecule has 1 unspecified atom stereocenters. The number of hydrogen-bond acceptors (Lipinski definition) is 8. The Morgan fingerprint density at radius 3 is 2.47 bits per heavy atom. The van der Waals surface area contributed by atoms with Crippen LogP contribution in [0, 0.1) is 11.6 Å². The molecular weight excluding hydrogens is 492 g/mol. The number of piperazine rings is 1. The minimum absolute atomic E-state index is 0.0451. The third-order valence-corrected chi connectivity index (χ3v) is 7.22. The fraction of sp³-hybridized carbons (Fsp3) is 0.385. The number of nitrogens with one attached hydrogen (secondary N) is 1. The van der Waals surface area contributed by atoms with Crippen LogP contribution in [-0.2, 0) is 6.42 Å². The molecule has 2 aliphatic rings. The van der Waals surface area contributed by atoms with E-state index in [1.807, 2.05) is 11.6 Å². The molecule has 0 aliphatic carbocycles. The second kappa shape index (κ2) is 9.67. The molecule has 6 rings (SSSR count). The summed E-state index contributed by atoms with van der Waals surface area (Å²) in [6, 6.07) is 3.15. The Hall–Kier alpha value is -4.06. The minimum Gasteiger partial charge on any atom is -0.336 e. The van der Waals surface area contributed by atoms with Gasteiger partial charge in [0.2, 0.25) is 11.9 Å². The Morgan fingerprint density at radius 1 is 0.974 bits per heavy atom. The summed E-state index contributed by atoms with van der Waals surface area (Å²) < 4.78 is 31.9. The van der Waals surface area contributed by atoms with Gasteiger partial charge >= 0.3 is 0 Å². The summed E-state index contributed by atoms with van der Waals surface area (Å²) in [5, 5.41) is 2.84. The van der Waals surface area contributed by atoms with Crippen molar-refractivity contribution in [3.63, 3.8) is 0 Å². The first-order chi connectivity index (χ1) is 18.4. The first-order valence-corrected chi connectivity index (χ1v) is 12.7. The molecule has 12 heteroatoms. The number of aryl methyl sites for hydroxylation is 1. The van der Waals surface area contributed by atoms with Crippen molar-refractivity contribution in [2.24, 2.45) is 0 Å². The van der Waals surface area contributed by atoms with Crippen LogP contribution in [0.3, 0.4) is 0 Å². The van der Waals surface area contributed by atoms with Crippen LogP contribution in [0.25, 0.3) is 22.3 Å². The molecule has 4 aromatic rings. The van der Waals surface area contributed by atoms with E-state index in [9.17, 15) is 9.18 Å². The first-order valence-electron chi connectivity index (χ1n) is 12.7. The second-order valence-electron chi connectivity index (χ2n) is 9.87. The van der Waals surface area contributed by atoms with Gasteiger partial charge in [-0.25, -0.2) is 33.7 Å². The molecule has 5 heterocycles. The topological polar surface area (TPSA) is 105 Å². The summed E-state index contributed by atoms with van der Waals surface area (Å²) in [5.74, 6) is -0.301. The maximum Gasteiger partial charge on any atom is 0.257 e. The fourth-order valence-corrected chi connectivity index (χ4v) is 5.12. The van der Waals surface area contributed by atoms with Gasteiger partial charge in [0.15, 0.2) is 11.6 Å². The smallest absolute Gasteiger partial charge is 0.257 e. The minimum atomic E-state index is -0.685. The lowest BCUT2D eigenvalue weighted by molar-refractivity contribution is 0.0663. The molecule has 1 amide bonds. The predicted molar refractivity (Wildman–Crippen MR) is 137 cm³/mol. The molecule has 3 aromatic heterocycles. The van der Waals surface area contributed by atoms with Crippen molar-refractivity contribution in [1.29, 1.82) is 0 Å². The molecule has 196 valence electrons. The number of hydrogen-bond donors (Lipinski definition) is 1. The highest BCUT2D eigenvalue weighted by atomic mass is 19.1. The van der Waals surface area contributed by atoms with Crippen LogP contribution in [0.2, 0.25) is 0 Å². The molecule has 1 saturated heterocycles. The maximum atomic E-state index is 15.1. The monoisotopic (exact) mass is 519 g/mol. The normalized spacial score (nSPS) is 18.0. The predicted octanol–water partition coefficient (Wildman–Crippen LogP) is 3.59. The number of amides is 1. The van der Waals surface area contributed by atoms with Gasteiger partial charge in [-0.3, -0.25) is 10.1 Å². The number of nitrogens with zero attached hydrogens (tertiary/aromatic N) is 8. The zero-order valence-electron chi connectivity index (χ0n) is 21.2. The number of rotatable bonds is 4. The van der Waals surface area contributed by atoms with E-state index >= 15 is 4.39 Å². The average Bonchev–Trinajstić information content (AvgIpc) is 3.31. The average molecular weight is 520 g/mol. The van der Waals surface area contributed by atoms with E-state index in [0.717, 1.165) is 44.4 Å². The molecule has 0 saturated carbocycles. The zero-order valence-corrected chi connectivity index (χ0v) is 21.2. The zero-order chi connectivity index (χ0) is 26.4. The van der Waals surface area contributed by atoms with Crippen molar-refractivity contribution < 1.29 is 13.6 Å². The molecular formula is C26H27F2N9O. The molecule has 1 fully saturated rings. The number of carbonyl (C=O) groups excluding carboxylic acids is 1. The Labute approximate surface area is 217 Å². The number of benzene rings is 1. The van der Waals surface area contributed by atoms with Gasteiger partial charge in [0.1, 0.15) is 17.0 Å². The van der Waals surface area contributed by atoms with E-state index in [0.29, 0.717) is 24.2 Å². The first kappa shape index (κ1) is 24.3. The lowest BCUT2D eigenvalue weighted by Crippen LogP contribution is -2.47. The molecule has 0 radical (unpaired) electrons. The van der Waals surface area contributed by atoms with Crippen molar-refractivity contribution >= 4 is 28.8 Å². The number of anilines is 2. The third kappa shape index (κ3) is 4.44. The molecule has 0 bridgehead atoms. The van der Waals surface area contributed by atoms with E-state index in [-0.39, 0.29) is 40.6 Å². The fourth-order valence-electron chi connectivity index (χ4n) is 5.12. The SMILES string of the molecule is CC1CCCc2nc3c(F)cc(-c4nc(Nc5ncc(C(=O)N6CCN(C)CC6)cn5)ncc4F)cc3n21. The molecule has 1 atom stereocenters. The van der Waals surface area contributed by atoms with E-state index in [4.69, 9.17) is 0 Å². The van der Waals surface area contributed by atoms with Crippen LogP contribution in [0.4, 0.5) is 20.7 Å². The molecule has 2 aliphatic heterocycles. The third-order valence-electron chi connectivity index (χ3n) is 7.22. The van der Waals surface area contributed by atoms with E-state index in [1.54, 1.807) is 11.0 Å². The van der Waals surface area contributed by atoms with E-state index < -0.39 is 11.6 Å². The van der Waals surface area contributed by atoms with E-state index in [2.05, 4.69) is 42.1 Å². The van der Waals surface area contributed by atoms with Crippen molar-refractivity contribution in [3.8, 4) is 11.3 Å². The van der Waals surface area contributed by atoms with Crippen LogP contribution < -0.4 is 5.32 Å². The number of fused-ring (bicyclic) bond motifs is 3. The summed E-state index contributed by atoms with van der Waals surface area (Å²) in [4.78, 5) is 37.9. The molecule has 1 N–H and O–H groups in total. The van der Waals surface area contributed by atoms with Gasteiger partial charge in [0.25, 0.3) is 5.91 Å². The van der Waals surface area contributed by atoms with Crippen molar-refractivity contribution in [2.45, 2.75) is 32.2 Å². The van der Waals surface area contributed by atoms with Gasteiger partial charge in [0, 0.05) is 56.6 Å². The Bertz CT molecular complexity index is 1510. The lowest BCUT2D eigenvalue weighted by atomic mass is 10.1. The Morgan fingerprint density at radius 2 is 1.71 bits per heavy atom. The molecule has 38 heavy (non-hydrogen) atoms. The highest BCUT2D eigenvalue weighted by Gasteiger charge is 2.24. The molecule has 1 aromatic carbocycles. The number of halogens is 2. The molecule has 0 spiro atoms. The van der Waals surface area contributed by atoms with Crippen molar-refractivity contribution in [2.75, 3.05) is 38.5 Å². The lowest BCUT2D eigenvalue weighted by Gasteiger charge is -2.32. The summed E-state index contributed by atoms with van der Waals surface area (Å²) in [6.45, 7) is 5.00. The summed E-state index contributed by atoms with van der Waals surface area (Å²) >= 11 is 0. The number of aromatic nitrogens is 6. The Kier molecular flexibility index (Phi) is 6.18. The highest BCUT2D eigenvalue weighted by Crippen LogP contribution is 2.34. The van der Waals surface area contributed by atoms with Gasteiger partial charge in [-0.2, -0.15) is 0 Å². The summed E-state index contributed by atoms with van der Waals surface area (Å²) in [5.41, 5.74) is 1.52. The standard InChI is InChI=1S/C26H27F2N9O/c1-15-4-3-5-21-32-23-18(27)10-16(11-20(23)37(15)21)22-19(28)14-31-26(33-22)34-25-29-12-17(13-30-25)24(38)36-8-6-35(2)7-9-36/h10-15H,3-9H2,1-2H3,(H,29,30,31,33,34). The Balaban J connectivity index is 1.25. The summed E-state index contributed by atoms with van der Waals surface area (Å²) in [7, 11) is 2.02. The van der Waals surface area contributed by atoms with Crippen molar-refractivity contribution in [3.05, 3.63) is 53.7 Å². The number of imidazole rings is 1. The van der Waals surface area contributed by atoms with Crippen LogP contribution >= 0.6 is 0 Å². The second-order valence-corrected chi connectivity index (χ2v) is 9.87. The maximum absolute atomic E-state index is 15.1. The van der Waals surface area contributed by atoms with Gasteiger partial charge in [-0.1, -0.05) is 0 Å². The van der Waals surface area contributed by atoms with Crippen molar-refractivity contribution in [1.82, 2.24) is 39.3 Å². The van der Waals surface area contributed by atoms with Gasteiger partial charge < -0.3 is 14.4 Å².